The summed E-state index contributed by atoms with van der Waals surface area (Å²) in [5.41, 5.74) is 13.9. The quantitative estimate of drug-likeness (QED) is 0.358. The van der Waals surface area contributed by atoms with Gasteiger partial charge in [-0.2, -0.15) is 14.8 Å². The fourth-order valence-corrected chi connectivity index (χ4v) is 1.55. The van der Waals surface area contributed by atoms with Gasteiger partial charge in [-0.3, -0.25) is 5.10 Å². The molecule has 0 aromatic carbocycles. The third-order valence-electron chi connectivity index (χ3n) is 2.41. The van der Waals surface area contributed by atoms with Gasteiger partial charge in [0.15, 0.2) is 11.6 Å². The van der Waals surface area contributed by atoms with Crippen molar-refractivity contribution in [2.24, 2.45) is 5.11 Å². The van der Waals surface area contributed by atoms with E-state index in [1.807, 2.05) is 0 Å². The highest BCUT2D eigenvalue weighted by atomic mass is 15.5. The first kappa shape index (κ1) is 13.3. The van der Waals surface area contributed by atoms with Gasteiger partial charge in [0.05, 0.1) is 6.42 Å². The van der Waals surface area contributed by atoms with Gasteiger partial charge in [0, 0.05) is 4.91 Å². The summed E-state index contributed by atoms with van der Waals surface area (Å²) < 4.78 is 1.06. The minimum atomic E-state index is -0.149. The van der Waals surface area contributed by atoms with Crippen LogP contribution in [0.2, 0.25) is 0 Å². The molecule has 3 rings (SSSR count). The summed E-state index contributed by atoms with van der Waals surface area (Å²) in [7, 11) is 0. The van der Waals surface area contributed by atoms with Gasteiger partial charge in [-0.05, 0) is 17.6 Å². The van der Waals surface area contributed by atoms with E-state index in [4.69, 9.17) is 11.3 Å². The number of azide groups is 1. The zero-order chi connectivity index (χ0) is 15.5. The molecule has 0 spiro atoms. The van der Waals surface area contributed by atoms with E-state index in [0.29, 0.717) is 17.5 Å². The molecule has 0 saturated heterocycles. The molecule has 0 aliphatic heterocycles. The van der Waals surface area contributed by atoms with E-state index >= 15 is 0 Å². The van der Waals surface area contributed by atoms with E-state index < -0.39 is 0 Å². The summed E-state index contributed by atoms with van der Waals surface area (Å²) in [6, 6.07) is 0. The van der Waals surface area contributed by atoms with Crippen LogP contribution in [0, 0.1) is 6.92 Å². The van der Waals surface area contributed by atoms with Crippen molar-refractivity contribution in [3.63, 3.8) is 0 Å². The molecule has 14 nitrogen and oxygen atoms in total. The number of nitrogens with zero attached hydrogens (tertiary/aromatic N) is 12. The molecular formula is C8H8N14. The first-order valence-electron chi connectivity index (χ1n) is 5.88. The van der Waals surface area contributed by atoms with Gasteiger partial charge in [-0.25, -0.2) is 4.98 Å². The smallest absolute Gasteiger partial charge is 0.292 e. The van der Waals surface area contributed by atoms with Crippen LogP contribution in [0.1, 0.15) is 17.5 Å². The zero-order valence-corrected chi connectivity index (χ0v) is 11.2. The molecular weight excluding hydrogens is 292 g/mol. The Morgan fingerprint density at radius 1 is 1.23 bits per heavy atom. The SMILES string of the molecule is Cc1nc(Cc2nnc(-n3nc(N=[N+]=[N-])nc3N)nn2)n[nH]1. The molecule has 3 aromatic rings. The van der Waals surface area contributed by atoms with Crippen molar-refractivity contribution in [2.45, 2.75) is 13.3 Å². The first-order chi connectivity index (χ1) is 10.7. The van der Waals surface area contributed by atoms with Crippen LogP contribution in [0.5, 0.6) is 0 Å². The average Bonchev–Trinajstić information content (AvgIpc) is 3.06. The van der Waals surface area contributed by atoms with Crippen molar-refractivity contribution in [3.8, 4) is 5.95 Å². The number of hydrogen-bond donors (Lipinski definition) is 2. The fraction of sp³-hybridized carbons (Fsp3) is 0.250. The Bertz CT molecular complexity index is 836. The second-order valence-electron chi connectivity index (χ2n) is 4.00. The maximum Gasteiger partial charge on any atom is 0.292 e. The Morgan fingerprint density at radius 2 is 2.00 bits per heavy atom. The molecule has 0 fully saturated rings. The third kappa shape index (κ3) is 2.61. The van der Waals surface area contributed by atoms with Crippen LogP contribution in [0.4, 0.5) is 11.9 Å². The van der Waals surface area contributed by atoms with Crippen LogP contribution in [0.15, 0.2) is 5.11 Å². The largest absolute Gasteiger partial charge is 0.368 e. The lowest BCUT2D eigenvalue weighted by Gasteiger charge is -1.99. The summed E-state index contributed by atoms with van der Waals surface area (Å²) in [5.74, 6) is 1.34. The first-order valence-corrected chi connectivity index (χ1v) is 5.88. The summed E-state index contributed by atoms with van der Waals surface area (Å²) >= 11 is 0. The minimum Gasteiger partial charge on any atom is -0.368 e. The monoisotopic (exact) mass is 300 g/mol. The van der Waals surface area contributed by atoms with Crippen LogP contribution in [-0.2, 0) is 6.42 Å². The highest BCUT2D eigenvalue weighted by molar-refractivity contribution is 5.31. The fourth-order valence-electron chi connectivity index (χ4n) is 1.55. The van der Waals surface area contributed by atoms with E-state index in [1.165, 1.54) is 0 Å². The summed E-state index contributed by atoms with van der Waals surface area (Å²) in [6.07, 6.45) is 0.279. The number of nitrogen functional groups attached to an aromatic ring is 1. The Hall–Kier alpha value is -3.67. The van der Waals surface area contributed by atoms with Crippen LogP contribution < -0.4 is 5.73 Å². The number of aryl methyl sites for hydroxylation is 1. The van der Waals surface area contributed by atoms with Gasteiger partial charge in [-0.1, -0.05) is 0 Å². The molecule has 0 aliphatic rings. The Labute approximate surface area is 121 Å². The molecule has 0 radical (unpaired) electrons. The van der Waals surface area contributed by atoms with Crippen LogP contribution in [0.3, 0.4) is 0 Å². The lowest BCUT2D eigenvalue weighted by Crippen LogP contribution is -2.11. The number of H-pyrrole nitrogens is 1. The molecule has 3 aromatic heterocycles. The van der Waals surface area contributed by atoms with Crippen molar-refractivity contribution < 1.29 is 0 Å². The summed E-state index contributed by atoms with van der Waals surface area (Å²) in [4.78, 5) is 10.4. The van der Waals surface area contributed by atoms with E-state index in [1.54, 1.807) is 6.92 Å². The van der Waals surface area contributed by atoms with Gasteiger partial charge in [0.1, 0.15) is 5.82 Å². The van der Waals surface area contributed by atoms with Gasteiger partial charge < -0.3 is 5.73 Å². The van der Waals surface area contributed by atoms with E-state index in [2.05, 4.69) is 55.7 Å². The molecule has 3 N–H and O–H groups in total. The van der Waals surface area contributed by atoms with Crippen molar-refractivity contribution >= 4 is 11.9 Å². The minimum absolute atomic E-state index is 0.000641. The van der Waals surface area contributed by atoms with E-state index in [9.17, 15) is 0 Å². The highest BCUT2D eigenvalue weighted by Crippen LogP contribution is 2.11. The number of aromatic nitrogens is 10. The molecule has 0 aliphatic carbocycles. The van der Waals surface area contributed by atoms with Crippen LogP contribution >= 0.6 is 0 Å². The van der Waals surface area contributed by atoms with Crippen molar-refractivity contribution in [1.29, 1.82) is 0 Å². The number of nitrogens with two attached hydrogens (primary N) is 1. The zero-order valence-electron chi connectivity index (χ0n) is 11.2. The maximum atomic E-state index is 8.33. The van der Waals surface area contributed by atoms with Gasteiger partial charge in [0.25, 0.3) is 5.95 Å². The molecule has 3 heterocycles. The predicted octanol–water partition coefficient (Wildman–Crippen LogP) is -0.611. The lowest BCUT2D eigenvalue weighted by molar-refractivity contribution is 0.695. The van der Waals surface area contributed by atoms with Crippen molar-refractivity contribution in [2.75, 3.05) is 5.73 Å². The second-order valence-corrected chi connectivity index (χ2v) is 4.00. The third-order valence-corrected chi connectivity index (χ3v) is 2.41. The van der Waals surface area contributed by atoms with Crippen LogP contribution in [-0.4, -0.2) is 50.3 Å². The van der Waals surface area contributed by atoms with Crippen LogP contribution in [0.25, 0.3) is 16.4 Å². The number of rotatable bonds is 4. The molecule has 110 valence electrons. The average molecular weight is 300 g/mol. The lowest BCUT2D eigenvalue weighted by atomic mass is 10.4. The molecule has 14 heteroatoms. The number of aromatic amines is 1. The number of anilines is 1. The highest BCUT2D eigenvalue weighted by Gasteiger charge is 2.12. The number of nitrogens with one attached hydrogen (secondary N) is 1. The molecule has 0 atom stereocenters. The molecule has 0 unspecified atom stereocenters. The van der Waals surface area contributed by atoms with Gasteiger partial charge >= 0.3 is 0 Å². The molecule has 22 heavy (non-hydrogen) atoms. The van der Waals surface area contributed by atoms with Gasteiger partial charge in [-0.15, -0.1) is 25.5 Å². The second kappa shape index (κ2) is 5.37. The molecule has 0 amide bonds. The van der Waals surface area contributed by atoms with Crippen molar-refractivity contribution in [3.05, 3.63) is 27.9 Å². The number of hydrogen-bond acceptors (Lipinski definition) is 10. The standard InChI is InChI=1S/C8H8N14/c1-3-11-4(14-13-3)2-5-15-18-8(19-16-5)22-6(9)12-7(20-22)17-21-10/h2H2,1H3,(H2,9,12,20)(H,11,13,14). The predicted molar refractivity (Wildman–Crippen MR) is 69.7 cm³/mol. The summed E-state index contributed by atoms with van der Waals surface area (Å²) in [5, 5.41) is 29.2. The van der Waals surface area contributed by atoms with Gasteiger partial charge in [0.2, 0.25) is 11.9 Å². The Balaban J connectivity index is 1.83. The molecule has 0 saturated carbocycles. The normalized spacial score (nSPS) is 10.4. The Kier molecular flexibility index (Phi) is 3.25. The molecule has 0 bridgehead atoms. The topological polar surface area (TPSA) is 199 Å². The maximum absolute atomic E-state index is 8.33. The van der Waals surface area contributed by atoms with Crippen molar-refractivity contribution in [1.82, 2.24) is 50.3 Å². The summed E-state index contributed by atoms with van der Waals surface area (Å²) in [6.45, 7) is 1.78. The Morgan fingerprint density at radius 3 is 2.64 bits per heavy atom. The van der Waals surface area contributed by atoms with E-state index in [-0.39, 0.29) is 24.3 Å². The van der Waals surface area contributed by atoms with E-state index in [0.717, 1.165) is 4.68 Å².